The van der Waals surface area contributed by atoms with E-state index >= 15 is 0 Å². The average Bonchev–Trinajstić information content (AvgIpc) is 2.56. The maximum Gasteiger partial charge on any atom is 0.335 e. The highest BCUT2D eigenvalue weighted by Crippen LogP contribution is 2.19. The minimum atomic E-state index is -0.939. The molecule has 0 amide bonds. The zero-order valence-electron chi connectivity index (χ0n) is 9.14. The SMILES string of the molecule is CC(N)c1nc2ccc(C(=O)O)cc2n1C. The van der Waals surface area contributed by atoms with Gasteiger partial charge in [0.2, 0.25) is 0 Å². The van der Waals surface area contributed by atoms with E-state index in [1.807, 2.05) is 18.5 Å². The molecule has 1 unspecified atom stereocenters. The fourth-order valence-electron chi connectivity index (χ4n) is 1.75. The number of nitrogens with zero attached hydrogens (tertiary/aromatic N) is 2. The van der Waals surface area contributed by atoms with Crippen molar-refractivity contribution < 1.29 is 9.90 Å². The first-order valence-corrected chi connectivity index (χ1v) is 4.96. The van der Waals surface area contributed by atoms with Crippen LogP contribution in [0.25, 0.3) is 11.0 Å². The molecule has 0 saturated heterocycles. The summed E-state index contributed by atoms with van der Waals surface area (Å²) in [5, 5.41) is 8.90. The van der Waals surface area contributed by atoms with Gasteiger partial charge in [0.25, 0.3) is 0 Å². The first kappa shape index (κ1) is 10.6. The lowest BCUT2D eigenvalue weighted by Gasteiger charge is -2.04. The van der Waals surface area contributed by atoms with Crippen LogP contribution in [0.1, 0.15) is 29.1 Å². The molecule has 0 fully saturated rings. The number of hydrogen-bond donors (Lipinski definition) is 2. The van der Waals surface area contributed by atoms with Crippen LogP contribution in [0.15, 0.2) is 18.2 Å². The number of aromatic carboxylic acids is 1. The van der Waals surface area contributed by atoms with Gasteiger partial charge in [-0.1, -0.05) is 0 Å². The molecule has 84 valence electrons. The molecule has 5 heteroatoms. The molecule has 3 N–H and O–H groups in total. The number of carboxylic acids is 1. The molecule has 1 aromatic heterocycles. The zero-order chi connectivity index (χ0) is 11.9. The van der Waals surface area contributed by atoms with E-state index in [1.165, 1.54) is 0 Å². The lowest BCUT2D eigenvalue weighted by Crippen LogP contribution is -2.11. The van der Waals surface area contributed by atoms with Gasteiger partial charge in [-0.2, -0.15) is 0 Å². The second kappa shape index (κ2) is 3.61. The topological polar surface area (TPSA) is 81.1 Å². The van der Waals surface area contributed by atoms with Crippen LogP contribution in [0.3, 0.4) is 0 Å². The average molecular weight is 219 g/mol. The van der Waals surface area contributed by atoms with Crippen LogP contribution in [-0.4, -0.2) is 20.6 Å². The second-order valence-corrected chi connectivity index (χ2v) is 3.83. The molecule has 16 heavy (non-hydrogen) atoms. The van der Waals surface area contributed by atoms with E-state index in [2.05, 4.69) is 4.98 Å². The number of imidazole rings is 1. The molecule has 5 nitrogen and oxygen atoms in total. The first-order valence-electron chi connectivity index (χ1n) is 4.96. The molecule has 0 aliphatic carbocycles. The van der Waals surface area contributed by atoms with Gasteiger partial charge in [-0.25, -0.2) is 9.78 Å². The van der Waals surface area contributed by atoms with E-state index < -0.39 is 5.97 Å². The highest BCUT2D eigenvalue weighted by atomic mass is 16.4. The van der Waals surface area contributed by atoms with Crippen molar-refractivity contribution in [3.05, 3.63) is 29.6 Å². The standard InChI is InChI=1S/C11H13N3O2/c1-6(12)10-13-8-4-3-7(11(15)16)5-9(8)14(10)2/h3-6H,12H2,1-2H3,(H,15,16). The summed E-state index contributed by atoms with van der Waals surface area (Å²) in [5.41, 5.74) is 7.58. The quantitative estimate of drug-likeness (QED) is 0.797. The molecule has 2 rings (SSSR count). The molecule has 2 aromatic rings. The fraction of sp³-hybridized carbons (Fsp3) is 0.273. The number of benzene rings is 1. The summed E-state index contributed by atoms with van der Waals surface area (Å²) in [6.45, 7) is 1.85. The number of hydrogen-bond acceptors (Lipinski definition) is 3. The molecule has 0 aliphatic rings. The van der Waals surface area contributed by atoms with Crippen LogP contribution >= 0.6 is 0 Å². The molecule has 0 spiro atoms. The van der Waals surface area contributed by atoms with E-state index in [4.69, 9.17) is 10.8 Å². The second-order valence-electron chi connectivity index (χ2n) is 3.83. The van der Waals surface area contributed by atoms with Gasteiger partial charge in [0.1, 0.15) is 5.82 Å². The Morgan fingerprint density at radius 1 is 1.56 bits per heavy atom. The predicted octanol–water partition coefficient (Wildman–Crippen LogP) is 1.29. The molecule has 1 aromatic carbocycles. The van der Waals surface area contributed by atoms with Crippen molar-refractivity contribution >= 4 is 17.0 Å². The summed E-state index contributed by atoms with van der Waals surface area (Å²) in [6, 6.07) is 4.68. The van der Waals surface area contributed by atoms with E-state index in [-0.39, 0.29) is 11.6 Å². The third-order valence-corrected chi connectivity index (χ3v) is 2.57. The van der Waals surface area contributed by atoms with Crippen molar-refractivity contribution in [1.82, 2.24) is 9.55 Å². The van der Waals surface area contributed by atoms with Crippen LogP contribution in [-0.2, 0) is 7.05 Å². The van der Waals surface area contributed by atoms with Crippen molar-refractivity contribution in [3.8, 4) is 0 Å². The molecule has 0 aliphatic heterocycles. The number of carboxylic acid groups (broad SMARTS) is 1. The number of aromatic nitrogens is 2. The summed E-state index contributed by atoms with van der Waals surface area (Å²) in [4.78, 5) is 15.2. The highest BCUT2D eigenvalue weighted by Gasteiger charge is 2.12. The van der Waals surface area contributed by atoms with Crippen LogP contribution < -0.4 is 5.73 Å². The van der Waals surface area contributed by atoms with Crippen molar-refractivity contribution in [2.75, 3.05) is 0 Å². The van der Waals surface area contributed by atoms with Gasteiger partial charge in [0.15, 0.2) is 0 Å². The Labute approximate surface area is 92.5 Å². The number of aryl methyl sites for hydroxylation is 1. The Kier molecular flexibility index (Phi) is 2.40. The summed E-state index contributed by atoms with van der Waals surface area (Å²) in [7, 11) is 1.83. The maximum absolute atomic E-state index is 10.8. The Morgan fingerprint density at radius 3 is 2.81 bits per heavy atom. The monoisotopic (exact) mass is 219 g/mol. The Morgan fingerprint density at radius 2 is 2.25 bits per heavy atom. The molecule has 1 heterocycles. The maximum atomic E-state index is 10.8. The van der Waals surface area contributed by atoms with Gasteiger partial charge in [0.05, 0.1) is 22.6 Å². The van der Waals surface area contributed by atoms with Crippen molar-refractivity contribution in [2.45, 2.75) is 13.0 Å². The Bertz CT molecular complexity index is 558. The van der Waals surface area contributed by atoms with Gasteiger partial charge in [-0.05, 0) is 25.1 Å². The molecule has 0 radical (unpaired) electrons. The van der Waals surface area contributed by atoms with Gasteiger partial charge in [-0.3, -0.25) is 0 Å². The first-order chi connectivity index (χ1) is 7.50. The summed E-state index contributed by atoms with van der Waals surface area (Å²) in [6.07, 6.45) is 0. The minimum absolute atomic E-state index is 0.175. The van der Waals surface area contributed by atoms with Crippen molar-refractivity contribution in [1.29, 1.82) is 0 Å². The van der Waals surface area contributed by atoms with Crippen LogP contribution in [0, 0.1) is 0 Å². The normalized spacial score (nSPS) is 12.9. The summed E-state index contributed by atoms with van der Waals surface area (Å²) >= 11 is 0. The predicted molar refractivity (Wildman–Crippen MR) is 60.3 cm³/mol. The Hall–Kier alpha value is -1.88. The van der Waals surface area contributed by atoms with Gasteiger partial charge in [0, 0.05) is 7.05 Å². The van der Waals surface area contributed by atoms with Gasteiger partial charge in [-0.15, -0.1) is 0 Å². The van der Waals surface area contributed by atoms with Crippen LogP contribution in [0.5, 0.6) is 0 Å². The number of nitrogens with two attached hydrogens (primary N) is 1. The van der Waals surface area contributed by atoms with E-state index in [1.54, 1.807) is 18.2 Å². The molecular formula is C11H13N3O2. The largest absolute Gasteiger partial charge is 0.478 e. The lowest BCUT2D eigenvalue weighted by molar-refractivity contribution is 0.0697. The third-order valence-electron chi connectivity index (χ3n) is 2.57. The lowest BCUT2D eigenvalue weighted by atomic mass is 10.2. The van der Waals surface area contributed by atoms with E-state index in [9.17, 15) is 4.79 Å². The zero-order valence-corrected chi connectivity index (χ0v) is 9.14. The third kappa shape index (κ3) is 1.55. The van der Waals surface area contributed by atoms with Crippen molar-refractivity contribution in [2.24, 2.45) is 12.8 Å². The summed E-state index contributed by atoms with van der Waals surface area (Å²) in [5.74, 6) is -0.192. The molecule has 0 saturated carbocycles. The van der Waals surface area contributed by atoms with Crippen LogP contribution in [0.2, 0.25) is 0 Å². The smallest absolute Gasteiger partial charge is 0.335 e. The van der Waals surface area contributed by atoms with Crippen LogP contribution in [0.4, 0.5) is 0 Å². The number of carbonyl (C=O) groups is 1. The van der Waals surface area contributed by atoms with Crippen molar-refractivity contribution in [3.63, 3.8) is 0 Å². The number of rotatable bonds is 2. The summed E-state index contributed by atoms with van der Waals surface area (Å²) < 4.78 is 1.83. The van der Waals surface area contributed by atoms with Gasteiger partial charge < -0.3 is 15.4 Å². The van der Waals surface area contributed by atoms with E-state index in [0.717, 1.165) is 16.9 Å². The number of fused-ring (bicyclic) bond motifs is 1. The molecule has 1 atom stereocenters. The molecular weight excluding hydrogens is 206 g/mol. The van der Waals surface area contributed by atoms with E-state index in [0.29, 0.717) is 0 Å². The van der Waals surface area contributed by atoms with Gasteiger partial charge >= 0.3 is 5.97 Å². The minimum Gasteiger partial charge on any atom is -0.478 e. The fourth-order valence-corrected chi connectivity index (χ4v) is 1.75. The Balaban J connectivity index is 2.69. The highest BCUT2D eigenvalue weighted by molar-refractivity contribution is 5.92. The molecule has 0 bridgehead atoms.